The second-order valence-corrected chi connectivity index (χ2v) is 6.50. The molecular weight excluding hydrogens is 246 g/mol. The number of rotatable bonds is 5. The molecule has 0 bridgehead atoms. The zero-order chi connectivity index (χ0) is 13.8. The summed E-state index contributed by atoms with van der Waals surface area (Å²) in [6.45, 7) is 2.07. The number of benzene rings is 1. The largest absolute Gasteiger partial charge is 0.378 e. The Kier molecular flexibility index (Phi) is 4.42. The molecule has 2 atom stereocenters. The predicted molar refractivity (Wildman–Crippen MR) is 83.2 cm³/mol. The molecule has 0 spiro atoms. The summed E-state index contributed by atoms with van der Waals surface area (Å²) in [6.07, 6.45) is 9.39. The second-order valence-electron chi connectivity index (χ2n) is 6.50. The molecule has 1 aliphatic heterocycles. The zero-order valence-corrected chi connectivity index (χ0v) is 12.7. The second kappa shape index (κ2) is 6.28. The van der Waals surface area contributed by atoms with Gasteiger partial charge in [-0.15, -0.1) is 0 Å². The molecule has 1 N–H and O–H groups in total. The Morgan fingerprint density at radius 1 is 1.30 bits per heavy atom. The third kappa shape index (κ3) is 2.77. The van der Waals surface area contributed by atoms with Crippen LogP contribution in [0.2, 0.25) is 0 Å². The summed E-state index contributed by atoms with van der Waals surface area (Å²) in [6, 6.07) is 9.08. The van der Waals surface area contributed by atoms with Crippen molar-refractivity contribution in [2.24, 2.45) is 0 Å². The van der Waals surface area contributed by atoms with Crippen molar-refractivity contribution in [3.05, 3.63) is 35.4 Å². The van der Waals surface area contributed by atoms with Crippen molar-refractivity contribution in [1.82, 2.24) is 5.32 Å². The van der Waals surface area contributed by atoms with Gasteiger partial charge >= 0.3 is 0 Å². The highest BCUT2D eigenvalue weighted by atomic mass is 16.5. The Bertz CT molecular complexity index is 439. The molecule has 2 nitrogen and oxygen atoms in total. The zero-order valence-electron chi connectivity index (χ0n) is 12.7. The lowest BCUT2D eigenvalue weighted by molar-refractivity contribution is 0.0938. The Morgan fingerprint density at radius 3 is 3.00 bits per heavy atom. The molecule has 1 saturated heterocycles. The van der Waals surface area contributed by atoms with E-state index in [2.05, 4.69) is 36.6 Å². The molecule has 2 unspecified atom stereocenters. The summed E-state index contributed by atoms with van der Waals surface area (Å²) in [4.78, 5) is 0. The van der Waals surface area contributed by atoms with E-state index < -0.39 is 0 Å². The first-order valence-electron chi connectivity index (χ1n) is 8.19. The number of ether oxygens (including phenoxy) is 1. The van der Waals surface area contributed by atoms with E-state index in [0.717, 1.165) is 13.2 Å². The van der Waals surface area contributed by atoms with Crippen LogP contribution in [-0.2, 0) is 16.6 Å². The fraction of sp³-hybridized carbons (Fsp3) is 0.667. The molecule has 0 saturated carbocycles. The number of fused-ring (bicyclic) bond motifs is 1. The van der Waals surface area contributed by atoms with E-state index in [-0.39, 0.29) is 0 Å². The van der Waals surface area contributed by atoms with E-state index in [1.165, 1.54) is 44.9 Å². The smallest absolute Gasteiger partial charge is 0.0576 e. The lowest BCUT2D eigenvalue weighted by Crippen LogP contribution is -2.40. The number of likely N-dealkylation sites (N-methyl/N-ethyl adjacent to an activating group) is 1. The average molecular weight is 273 g/mol. The average Bonchev–Trinajstić information content (AvgIpc) is 2.99. The number of aryl methyl sites for hydroxylation is 1. The van der Waals surface area contributed by atoms with Crippen LogP contribution in [0.4, 0.5) is 0 Å². The van der Waals surface area contributed by atoms with Crippen LogP contribution in [0.15, 0.2) is 24.3 Å². The van der Waals surface area contributed by atoms with Gasteiger partial charge in [0, 0.05) is 18.6 Å². The van der Waals surface area contributed by atoms with Gasteiger partial charge in [-0.1, -0.05) is 24.3 Å². The molecule has 0 amide bonds. The minimum absolute atomic E-state index is 0.329. The first kappa shape index (κ1) is 14.1. The number of hydrogen-bond donors (Lipinski definition) is 1. The third-order valence-electron chi connectivity index (χ3n) is 5.17. The SMILES string of the molecule is CNCC1(CCC2CCCO2)CCCc2ccccc21. The molecule has 110 valence electrons. The molecule has 1 aromatic rings. The fourth-order valence-corrected chi connectivity index (χ4v) is 4.19. The monoisotopic (exact) mass is 273 g/mol. The van der Waals surface area contributed by atoms with Gasteiger partial charge in [0.15, 0.2) is 0 Å². The highest BCUT2D eigenvalue weighted by Gasteiger charge is 2.36. The van der Waals surface area contributed by atoms with Crippen molar-refractivity contribution in [2.45, 2.75) is 56.5 Å². The summed E-state index contributed by atoms with van der Waals surface area (Å²) >= 11 is 0. The van der Waals surface area contributed by atoms with Gasteiger partial charge in [0.1, 0.15) is 0 Å². The normalized spacial score (nSPS) is 29.4. The van der Waals surface area contributed by atoms with E-state index in [1.807, 2.05) is 0 Å². The number of nitrogens with one attached hydrogen (secondary N) is 1. The summed E-state index contributed by atoms with van der Waals surface area (Å²) in [7, 11) is 2.09. The number of hydrogen-bond acceptors (Lipinski definition) is 2. The van der Waals surface area contributed by atoms with Gasteiger partial charge in [-0.05, 0) is 63.1 Å². The van der Waals surface area contributed by atoms with E-state index in [4.69, 9.17) is 4.74 Å². The van der Waals surface area contributed by atoms with Crippen molar-refractivity contribution in [3.8, 4) is 0 Å². The van der Waals surface area contributed by atoms with Crippen LogP contribution in [0.25, 0.3) is 0 Å². The molecule has 2 heteroatoms. The van der Waals surface area contributed by atoms with Crippen LogP contribution in [0.1, 0.15) is 49.7 Å². The van der Waals surface area contributed by atoms with Crippen LogP contribution < -0.4 is 5.32 Å². The van der Waals surface area contributed by atoms with Crippen molar-refractivity contribution in [2.75, 3.05) is 20.2 Å². The molecule has 1 aromatic carbocycles. The maximum Gasteiger partial charge on any atom is 0.0576 e. The van der Waals surface area contributed by atoms with E-state index in [1.54, 1.807) is 11.1 Å². The Balaban J connectivity index is 1.80. The van der Waals surface area contributed by atoms with Gasteiger partial charge in [-0.3, -0.25) is 0 Å². The van der Waals surface area contributed by atoms with Crippen molar-refractivity contribution in [3.63, 3.8) is 0 Å². The molecule has 20 heavy (non-hydrogen) atoms. The van der Waals surface area contributed by atoms with Crippen molar-refractivity contribution in [1.29, 1.82) is 0 Å². The maximum absolute atomic E-state index is 5.83. The van der Waals surface area contributed by atoms with Gasteiger partial charge in [-0.2, -0.15) is 0 Å². The van der Waals surface area contributed by atoms with E-state index in [0.29, 0.717) is 11.5 Å². The van der Waals surface area contributed by atoms with Gasteiger partial charge < -0.3 is 10.1 Å². The van der Waals surface area contributed by atoms with Gasteiger partial charge in [0.2, 0.25) is 0 Å². The summed E-state index contributed by atoms with van der Waals surface area (Å²) in [5.41, 5.74) is 3.50. The highest BCUT2D eigenvalue weighted by molar-refractivity contribution is 5.37. The molecular formula is C18H27NO. The topological polar surface area (TPSA) is 21.3 Å². The Hall–Kier alpha value is -0.860. The van der Waals surface area contributed by atoms with Crippen LogP contribution in [0, 0.1) is 0 Å². The van der Waals surface area contributed by atoms with Gasteiger partial charge in [0.25, 0.3) is 0 Å². The highest BCUT2D eigenvalue weighted by Crippen LogP contribution is 2.41. The van der Waals surface area contributed by atoms with Gasteiger partial charge in [-0.25, -0.2) is 0 Å². The summed E-state index contributed by atoms with van der Waals surface area (Å²) in [5, 5.41) is 3.45. The van der Waals surface area contributed by atoms with E-state index in [9.17, 15) is 0 Å². The van der Waals surface area contributed by atoms with Crippen molar-refractivity contribution >= 4 is 0 Å². The predicted octanol–water partition coefficient (Wildman–Crippen LogP) is 3.44. The molecule has 1 heterocycles. The molecule has 1 aliphatic carbocycles. The van der Waals surface area contributed by atoms with Crippen LogP contribution in [0.3, 0.4) is 0 Å². The van der Waals surface area contributed by atoms with Crippen LogP contribution in [0.5, 0.6) is 0 Å². The summed E-state index contributed by atoms with van der Waals surface area (Å²) in [5.74, 6) is 0. The Morgan fingerprint density at radius 2 is 2.20 bits per heavy atom. The fourth-order valence-electron chi connectivity index (χ4n) is 4.19. The lowest BCUT2D eigenvalue weighted by Gasteiger charge is -2.40. The van der Waals surface area contributed by atoms with Crippen molar-refractivity contribution < 1.29 is 4.74 Å². The maximum atomic E-state index is 5.83. The standard InChI is InChI=1S/C18H27NO/c1-19-14-18(12-10-16-8-5-13-20-16)11-4-7-15-6-2-3-9-17(15)18/h2-3,6,9,16,19H,4-5,7-8,10-14H2,1H3. The van der Waals surface area contributed by atoms with Crippen LogP contribution in [-0.4, -0.2) is 26.3 Å². The third-order valence-corrected chi connectivity index (χ3v) is 5.17. The first-order valence-corrected chi connectivity index (χ1v) is 8.19. The molecule has 1 fully saturated rings. The minimum atomic E-state index is 0.329. The minimum Gasteiger partial charge on any atom is -0.378 e. The molecule has 2 aliphatic rings. The quantitative estimate of drug-likeness (QED) is 0.887. The lowest BCUT2D eigenvalue weighted by atomic mass is 9.67. The first-order chi connectivity index (χ1) is 9.84. The van der Waals surface area contributed by atoms with Gasteiger partial charge in [0.05, 0.1) is 6.10 Å². The molecule has 3 rings (SSSR count). The van der Waals surface area contributed by atoms with Crippen LogP contribution >= 0.6 is 0 Å². The van der Waals surface area contributed by atoms with E-state index >= 15 is 0 Å². The molecule has 0 aromatic heterocycles. The summed E-state index contributed by atoms with van der Waals surface area (Å²) < 4.78 is 5.83. The molecule has 0 radical (unpaired) electrons. The Labute approximate surface area is 122 Å².